The molecule has 22 heavy (non-hydrogen) atoms. The molecule has 0 saturated heterocycles. The third-order valence-electron chi connectivity index (χ3n) is 2.70. The Morgan fingerprint density at radius 3 is 2.73 bits per heavy atom. The van der Waals surface area contributed by atoms with Gasteiger partial charge in [-0.25, -0.2) is 9.18 Å². The molecule has 0 bridgehead atoms. The molecule has 124 valence electrons. The number of ether oxygens (including phenoxy) is 2. The molecule has 0 aliphatic carbocycles. The van der Waals surface area contributed by atoms with Gasteiger partial charge >= 0.3 is 6.09 Å². The van der Waals surface area contributed by atoms with E-state index in [4.69, 9.17) is 14.6 Å². The predicted molar refractivity (Wildman–Crippen MR) is 81.5 cm³/mol. The van der Waals surface area contributed by atoms with Crippen LogP contribution in [0.25, 0.3) is 0 Å². The molecule has 0 aliphatic heterocycles. The molecule has 0 aliphatic rings. The van der Waals surface area contributed by atoms with E-state index in [0.29, 0.717) is 30.7 Å². The lowest BCUT2D eigenvalue weighted by Crippen LogP contribution is -2.33. The summed E-state index contributed by atoms with van der Waals surface area (Å²) >= 11 is 0. The number of aliphatic hydroxyl groups is 1. The first-order valence-corrected chi connectivity index (χ1v) is 7.31. The first kappa shape index (κ1) is 18.2. The summed E-state index contributed by atoms with van der Waals surface area (Å²) in [6.45, 7) is 5.73. The number of carbonyl (C=O) groups excluding carboxylic acids is 1. The van der Waals surface area contributed by atoms with Gasteiger partial charge in [0.25, 0.3) is 0 Å². The zero-order chi connectivity index (χ0) is 16.6. The van der Waals surface area contributed by atoms with E-state index in [0.717, 1.165) is 0 Å². The summed E-state index contributed by atoms with van der Waals surface area (Å²) in [5, 5.41) is 11.4. The summed E-state index contributed by atoms with van der Waals surface area (Å²) < 4.78 is 24.3. The van der Waals surface area contributed by atoms with Gasteiger partial charge in [-0.15, -0.1) is 0 Å². The highest BCUT2D eigenvalue weighted by atomic mass is 19.1. The zero-order valence-corrected chi connectivity index (χ0v) is 13.3. The molecule has 2 N–H and O–H groups in total. The quantitative estimate of drug-likeness (QED) is 0.759. The number of nitrogens with one attached hydrogen (secondary N) is 1. The molecular formula is C16H24FNO4. The first-order chi connectivity index (χ1) is 10.3. The molecule has 0 aromatic heterocycles. The van der Waals surface area contributed by atoms with Crippen molar-refractivity contribution in [1.82, 2.24) is 5.32 Å². The van der Waals surface area contributed by atoms with E-state index >= 15 is 0 Å². The topological polar surface area (TPSA) is 67.8 Å². The summed E-state index contributed by atoms with van der Waals surface area (Å²) in [4.78, 5) is 11.5. The third-order valence-corrected chi connectivity index (χ3v) is 2.70. The lowest BCUT2D eigenvalue weighted by molar-refractivity contribution is 0.0527. The van der Waals surface area contributed by atoms with Crippen molar-refractivity contribution < 1.29 is 23.8 Å². The largest absolute Gasteiger partial charge is 0.491 e. The highest BCUT2D eigenvalue weighted by molar-refractivity contribution is 5.67. The second-order valence-corrected chi connectivity index (χ2v) is 5.82. The minimum Gasteiger partial charge on any atom is -0.491 e. The van der Waals surface area contributed by atoms with Gasteiger partial charge in [-0.3, -0.25) is 0 Å². The predicted octanol–water partition coefficient (Wildman–Crippen LogP) is 2.65. The molecule has 5 nitrogen and oxygen atoms in total. The second-order valence-electron chi connectivity index (χ2n) is 5.82. The van der Waals surface area contributed by atoms with Crippen LogP contribution in [-0.4, -0.2) is 36.6 Å². The average Bonchev–Trinajstić information content (AvgIpc) is 2.41. The highest BCUT2D eigenvalue weighted by Crippen LogP contribution is 2.22. The van der Waals surface area contributed by atoms with Gasteiger partial charge < -0.3 is 19.9 Å². The van der Waals surface area contributed by atoms with E-state index in [1.807, 2.05) is 0 Å². The monoisotopic (exact) mass is 313 g/mol. The number of alkyl carbamates (subject to hydrolysis) is 1. The molecule has 0 atom stereocenters. The Morgan fingerprint density at radius 1 is 1.36 bits per heavy atom. The van der Waals surface area contributed by atoms with Crippen LogP contribution in [0.4, 0.5) is 9.18 Å². The van der Waals surface area contributed by atoms with Crippen LogP contribution in [0.5, 0.6) is 5.75 Å². The Labute approximate surface area is 130 Å². The number of halogens is 1. The van der Waals surface area contributed by atoms with Crippen molar-refractivity contribution in [2.75, 3.05) is 19.8 Å². The lowest BCUT2D eigenvalue weighted by atomic mass is 10.1. The normalized spacial score (nSPS) is 11.1. The van der Waals surface area contributed by atoms with E-state index in [2.05, 4.69) is 5.32 Å². The second kappa shape index (κ2) is 8.58. The third kappa shape index (κ3) is 6.76. The Balaban J connectivity index is 2.46. The number of rotatable bonds is 7. The fourth-order valence-electron chi connectivity index (χ4n) is 1.84. The van der Waals surface area contributed by atoms with Crippen molar-refractivity contribution in [3.8, 4) is 5.75 Å². The van der Waals surface area contributed by atoms with Crippen LogP contribution in [-0.2, 0) is 11.2 Å². The lowest BCUT2D eigenvalue weighted by Gasteiger charge is -2.19. The molecule has 1 aromatic carbocycles. The molecular weight excluding hydrogens is 289 g/mol. The van der Waals surface area contributed by atoms with Crippen LogP contribution in [0.3, 0.4) is 0 Å². The van der Waals surface area contributed by atoms with Crippen molar-refractivity contribution >= 4 is 6.09 Å². The van der Waals surface area contributed by atoms with Crippen LogP contribution in [0, 0.1) is 5.82 Å². The number of hydrogen-bond donors (Lipinski definition) is 2. The van der Waals surface area contributed by atoms with Gasteiger partial charge in [-0.05, 0) is 45.7 Å². The molecule has 0 spiro atoms. The molecule has 0 radical (unpaired) electrons. The smallest absolute Gasteiger partial charge is 0.407 e. The van der Waals surface area contributed by atoms with Crippen LogP contribution in [0.1, 0.15) is 32.8 Å². The van der Waals surface area contributed by atoms with Gasteiger partial charge in [-0.2, -0.15) is 0 Å². The molecule has 0 fully saturated rings. The SMILES string of the molecule is CC(C)(C)OC(=O)NCCCc1c(F)cccc1OCCO. The highest BCUT2D eigenvalue weighted by Gasteiger charge is 2.15. The maximum atomic E-state index is 13.8. The molecule has 0 heterocycles. The minimum atomic E-state index is -0.541. The van der Waals surface area contributed by atoms with E-state index in [1.165, 1.54) is 6.07 Å². The molecule has 0 unspecified atom stereocenters. The van der Waals surface area contributed by atoms with Crippen molar-refractivity contribution in [1.29, 1.82) is 0 Å². The summed E-state index contributed by atoms with van der Waals surface area (Å²) in [6.07, 6.45) is 0.483. The fraction of sp³-hybridized carbons (Fsp3) is 0.562. The van der Waals surface area contributed by atoms with Crippen LogP contribution in [0.2, 0.25) is 0 Å². The Bertz CT molecular complexity index is 486. The fourth-order valence-corrected chi connectivity index (χ4v) is 1.84. The molecule has 1 amide bonds. The van der Waals surface area contributed by atoms with Gasteiger partial charge in [0.1, 0.15) is 23.8 Å². The zero-order valence-electron chi connectivity index (χ0n) is 13.3. The number of hydrogen-bond acceptors (Lipinski definition) is 4. The van der Waals surface area contributed by atoms with E-state index in [9.17, 15) is 9.18 Å². The first-order valence-electron chi connectivity index (χ1n) is 7.31. The molecule has 0 saturated carbocycles. The number of aliphatic hydroxyl groups excluding tert-OH is 1. The van der Waals surface area contributed by atoms with Gasteiger partial charge in [0.2, 0.25) is 0 Å². The minimum absolute atomic E-state index is 0.118. The van der Waals surface area contributed by atoms with Crippen LogP contribution in [0.15, 0.2) is 18.2 Å². The average molecular weight is 313 g/mol. The maximum absolute atomic E-state index is 13.8. The maximum Gasteiger partial charge on any atom is 0.407 e. The standard InChI is InChI=1S/C16H24FNO4/c1-16(2,3)22-15(20)18-9-5-6-12-13(17)7-4-8-14(12)21-11-10-19/h4,7-8,19H,5-6,9-11H2,1-3H3,(H,18,20). The van der Waals surface area contributed by atoms with Gasteiger partial charge in [0.15, 0.2) is 0 Å². The number of carbonyl (C=O) groups is 1. The van der Waals surface area contributed by atoms with Crippen molar-refractivity contribution in [3.05, 3.63) is 29.6 Å². The van der Waals surface area contributed by atoms with Gasteiger partial charge in [-0.1, -0.05) is 6.07 Å². The Kier molecular flexibility index (Phi) is 7.11. The summed E-state index contributed by atoms with van der Waals surface area (Å²) in [6, 6.07) is 4.59. The summed E-state index contributed by atoms with van der Waals surface area (Å²) in [7, 11) is 0. The molecule has 1 aromatic rings. The van der Waals surface area contributed by atoms with Crippen LogP contribution >= 0.6 is 0 Å². The number of amides is 1. The van der Waals surface area contributed by atoms with Crippen molar-refractivity contribution in [3.63, 3.8) is 0 Å². The number of benzene rings is 1. The van der Waals surface area contributed by atoms with Crippen molar-refractivity contribution in [2.24, 2.45) is 0 Å². The summed E-state index contributed by atoms with van der Waals surface area (Å²) in [5.74, 6) is 0.0685. The Hall–Kier alpha value is -1.82. The van der Waals surface area contributed by atoms with Gasteiger partial charge in [0, 0.05) is 12.1 Å². The Morgan fingerprint density at radius 2 is 2.09 bits per heavy atom. The van der Waals surface area contributed by atoms with Gasteiger partial charge in [0.05, 0.1) is 6.61 Å². The summed E-state index contributed by atoms with van der Waals surface area (Å²) in [5.41, 5.74) is -0.0945. The van der Waals surface area contributed by atoms with E-state index in [-0.39, 0.29) is 19.0 Å². The van der Waals surface area contributed by atoms with E-state index < -0.39 is 11.7 Å². The molecule has 6 heteroatoms. The van der Waals surface area contributed by atoms with E-state index in [1.54, 1.807) is 32.9 Å². The molecule has 1 rings (SSSR count). The van der Waals surface area contributed by atoms with Crippen LogP contribution < -0.4 is 10.1 Å². The van der Waals surface area contributed by atoms with Crippen molar-refractivity contribution in [2.45, 2.75) is 39.2 Å².